The van der Waals surface area contributed by atoms with Crippen molar-refractivity contribution in [1.29, 1.82) is 0 Å². The van der Waals surface area contributed by atoms with Gasteiger partial charge in [-0.2, -0.15) is 0 Å². The zero-order chi connectivity index (χ0) is 13.8. The Hall–Kier alpha value is -1.51. The van der Waals surface area contributed by atoms with Crippen molar-refractivity contribution >= 4 is 17.2 Å². The number of nitrogens with one attached hydrogen (secondary N) is 1. The number of Topliss-reactive ketones (excluding diaryl/α,β-unsaturated/α-hetero) is 1. The van der Waals surface area contributed by atoms with Crippen LogP contribution in [0.2, 0.25) is 0 Å². The molecule has 0 saturated heterocycles. The summed E-state index contributed by atoms with van der Waals surface area (Å²) in [6.45, 7) is 4.88. The number of carbonyl (C=O) groups excluding carboxylic acids is 1. The summed E-state index contributed by atoms with van der Waals surface area (Å²) in [6.07, 6.45) is 5.30. The van der Waals surface area contributed by atoms with Crippen molar-refractivity contribution in [3.8, 4) is 0 Å². The summed E-state index contributed by atoms with van der Waals surface area (Å²) < 4.78 is 0. The molecule has 0 unspecified atom stereocenters. The zero-order valence-corrected chi connectivity index (χ0v) is 11.9. The van der Waals surface area contributed by atoms with Crippen LogP contribution in [0.3, 0.4) is 0 Å². The van der Waals surface area contributed by atoms with Crippen LogP contribution < -0.4 is 11.1 Å². The van der Waals surface area contributed by atoms with Crippen molar-refractivity contribution in [2.45, 2.75) is 39.5 Å². The molecule has 0 bridgehead atoms. The van der Waals surface area contributed by atoms with Gasteiger partial charge in [0.1, 0.15) is 0 Å². The van der Waals surface area contributed by atoms with Gasteiger partial charge in [0.2, 0.25) is 0 Å². The van der Waals surface area contributed by atoms with E-state index in [4.69, 9.17) is 5.73 Å². The summed E-state index contributed by atoms with van der Waals surface area (Å²) in [7, 11) is 0. The molecule has 0 radical (unpaired) electrons. The molecule has 3 heteroatoms. The fraction of sp³-hybridized carbons (Fsp3) is 0.562. The van der Waals surface area contributed by atoms with Crippen LogP contribution in [0.5, 0.6) is 0 Å². The normalized spacial score (nSPS) is 23.1. The third-order valence-electron chi connectivity index (χ3n) is 4.16. The van der Waals surface area contributed by atoms with Crippen LogP contribution in [-0.2, 0) is 0 Å². The number of rotatable bonds is 4. The van der Waals surface area contributed by atoms with E-state index in [0.29, 0.717) is 11.3 Å². The first-order valence-corrected chi connectivity index (χ1v) is 7.20. The summed E-state index contributed by atoms with van der Waals surface area (Å²) in [6, 6.07) is 5.62. The van der Waals surface area contributed by atoms with E-state index in [0.717, 1.165) is 24.1 Å². The lowest BCUT2D eigenvalue weighted by Crippen LogP contribution is -2.20. The highest BCUT2D eigenvalue weighted by Gasteiger charge is 2.17. The van der Waals surface area contributed by atoms with E-state index in [-0.39, 0.29) is 5.78 Å². The van der Waals surface area contributed by atoms with Gasteiger partial charge in [-0.1, -0.05) is 19.8 Å². The first-order valence-electron chi connectivity index (χ1n) is 7.20. The van der Waals surface area contributed by atoms with Gasteiger partial charge < -0.3 is 11.1 Å². The van der Waals surface area contributed by atoms with Gasteiger partial charge in [-0.15, -0.1) is 0 Å². The van der Waals surface area contributed by atoms with Crippen molar-refractivity contribution in [3.63, 3.8) is 0 Å². The Labute approximate surface area is 115 Å². The minimum Gasteiger partial charge on any atom is -0.398 e. The Kier molecular flexibility index (Phi) is 4.46. The third kappa shape index (κ3) is 3.72. The average Bonchev–Trinajstić information content (AvgIpc) is 2.39. The minimum absolute atomic E-state index is 0.0210. The summed E-state index contributed by atoms with van der Waals surface area (Å²) in [4.78, 5) is 11.5. The van der Waals surface area contributed by atoms with Gasteiger partial charge in [-0.05, 0) is 49.8 Å². The highest BCUT2D eigenvalue weighted by Crippen LogP contribution is 2.28. The molecule has 0 spiro atoms. The highest BCUT2D eigenvalue weighted by molar-refractivity contribution is 5.99. The third-order valence-corrected chi connectivity index (χ3v) is 4.16. The number of ketones is 1. The first kappa shape index (κ1) is 13.9. The largest absolute Gasteiger partial charge is 0.398 e. The van der Waals surface area contributed by atoms with Crippen LogP contribution in [0.25, 0.3) is 0 Å². The fourth-order valence-corrected chi connectivity index (χ4v) is 2.77. The lowest BCUT2D eigenvalue weighted by atomic mass is 9.83. The number of nitrogens with two attached hydrogens (primary N) is 1. The van der Waals surface area contributed by atoms with E-state index in [9.17, 15) is 4.79 Å². The molecule has 0 heterocycles. The zero-order valence-electron chi connectivity index (χ0n) is 11.9. The van der Waals surface area contributed by atoms with E-state index in [2.05, 4.69) is 12.2 Å². The molecule has 19 heavy (non-hydrogen) atoms. The molecule has 3 N–H and O–H groups in total. The van der Waals surface area contributed by atoms with Crippen molar-refractivity contribution in [1.82, 2.24) is 0 Å². The van der Waals surface area contributed by atoms with Crippen LogP contribution in [0.15, 0.2) is 18.2 Å². The monoisotopic (exact) mass is 260 g/mol. The van der Waals surface area contributed by atoms with Crippen molar-refractivity contribution < 1.29 is 4.79 Å². The second-order valence-electron chi connectivity index (χ2n) is 5.87. The molecule has 0 aliphatic heterocycles. The van der Waals surface area contributed by atoms with Gasteiger partial charge in [-0.3, -0.25) is 4.79 Å². The molecule has 1 aliphatic rings. The van der Waals surface area contributed by atoms with Gasteiger partial charge in [0.15, 0.2) is 5.78 Å². The SMILES string of the molecule is CC(=O)c1cc(NCC2CCC(C)CC2)ccc1N. The number of nitrogen functional groups attached to an aromatic ring is 1. The van der Waals surface area contributed by atoms with Crippen molar-refractivity contribution in [2.75, 3.05) is 17.6 Å². The van der Waals surface area contributed by atoms with Crippen LogP contribution in [0.4, 0.5) is 11.4 Å². The van der Waals surface area contributed by atoms with Crippen LogP contribution in [0.1, 0.15) is 49.9 Å². The molecule has 1 aromatic rings. The summed E-state index contributed by atoms with van der Waals surface area (Å²) in [5.41, 5.74) is 7.97. The molecule has 1 aliphatic carbocycles. The van der Waals surface area contributed by atoms with Crippen LogP contribution >= 0.6 is 0 Å². The minimum atomic E-state index is 0.0210. The molecule has 104 valence electrons. The van der Waals surface area contributed by atoms with Gasteiger partial charge >= 0.3 is 0 Å². The van der Waals surface area contributed by atoms with Gasteiger partial charge in [0, 0.05) is 23.5 Å². The van der Waals surface area contributed by atoms with Crippen LogP contribution in [0, 0.1) is 11.8 Å². The molecule has 0 amide bonds. The maximum absolute atomic E-state index is 11.5. The first-order chi connectivity index (χ1) is 9.06. The lowest BCUT2D eigenvalue weighted by molar-refractivity contribution is 0.101. The number of hydrogen-bond donors (Lipinski definition) is 2. The number of benzene rings is 1. The Morgan fingerprint density at radius 1 is 1.32 bits per heavy atom. The van der Waals surface area contributed by atoms with E-state index in [1.54, 1.807) is 6.92 Å². The molecule has 1 fully saturated rings. The van der Waals surface area contributed by atoms with E-state index >= 15 is 0 Å². The molecular formula is C16H24N2O. The van der Waals surface area contributed by atoms with E-state index in [1.165, 1.54) is 25.7 Å². The second-order valence-corrected chi connectivity index (χ2v) is 5.87. The molecular weight excluding hydrogens is 236 g/mol. The predicted octanol–water partition coefficient (Wildman–Crippen LogP) is 3.71. The quantitative estimate of drug-likeness (QED) is 0.641. The van der Waals surface area contributed by atoms with Crippen molar-refractivity contribution in [3.05, 3.63) is 23.8 Å². The Morgan fingerprint density at radius 3 is 2.63 bits per heavy atom. The summed E-state index contributed by atoms with van der Waals surface area (Å²) in [5, 5.41) is 3.44. The van der Waals surface area contributed by atoms with Gasteiger partial charge in [0.05, 0.1) is 0 Å². The Bertz CT molecular complexity index is 448. The summed E-state index contributed by atoms with van der Waals surface area (Å²) in [5.74, 6) is 1.67. The number of anilines is 2. The molecule has 1 saturated carbocycles. The Balaban J connectivity index is 1.92. The summed E-state index contributed by atoms with van der Waals surface area (Å²) >= 11 is 0. The molecule has 2 rings (SSSR count). The number of carbonyl (C=O) groups is 1. The van der Waals surface area contributed by atoms with Gasteiger partial charge in [0.25, 0.3) is 0 Å². The van der Waals surface area contributed by atoms with Crippen LogP contribution in [-0.4, -0.2) is 12.3 Å². The number of hydrogen-bond acceptors (Lipinski definition) is 3. The van der Waals surface area contributed by atoms with Crippen molar-refractivity contribution in [2.24, 2.45) is 11.8 Å². The maximum atomic E-state index is 11.5. The standard InChI is InChI=1S/C16H24N2O/c1-11-3-5-13(6-4-11)10-18-14-7-8-16(17)15(9-14)12(2)19/h7-9,11,13,18H,3-6,10,17H2,1-2H3. The topological polar surface area (TPSA) is 55.1 Å². The predicted molar refractivity (Wildman–Crippen MR) is 80.5 cm³/mol. The molecule has 0 aromatic heterocycles. The average molecular weight is 260 g/mol. The smallest absolute Gasteiger partial charge is 0.161 e. The van der Waals surface area contributed by atoms with E-state index < -0.39 is 0 Å². The fourth-order valence-electron chi connectivity index (χ4n) is 2.77. The molecule has 0 atom stereocenters. The molecule has 1 aromatic carbocycles. The highest BCUT2D eigenvalue weighted by atomic mass is 16.1. The maximum Gasteiger partial charge on any atom is 0.161 e. The Morgan fingerprint density at radius 2 is 2.00 bits per heavy atom. The lowest BCUT2D eigenvalue weighted by Gasteiger charge is -2.26. The second kappa shape index (κ2) is 6.09. The molecule has 3 nitrogen and oxygen atoms in total. The van der Waals surface area contributed by atoms with E-state index in [1.807, 2.05) is 18.2 Å². The van der Waals surface area contributed by atoms with Gasteiger partial charge in [-0.25, -0.2) is 0 Å².